The fourth-order valence-electron chi connectivity index (χ4n) is 3.87. The molecule has 31 heavy (non-hydrogen) atoms. The van der Waals surface area contributed by atoms with Gasteiger partial charge >= 0.3 is 6.03 Å². The predicted molar refractivity (Wildman–Crippen MR) is 128 cm³/mol. The summed E-state index contributed by atoms with van der Waals surface area (Å²) in [6.45, 7) is 1.77. The second-order valence-corrected chi connectivity index (χ2v) is 8.56. The highest BCUT2D eigenvalue weighted by Crippen LogP contribution is 2.28. The number of hydrogen-bond acceptors (Lipinski definition) is 3. The van der Waals surface area contributed by atoms with Crippen molar-refractivity contribution in [2.24, 2.45) is 0 Å². The van der Waals surface area contributed by atoms with Gasteiger partial charge in [0.2, 0.25) is 0 Å². The normalized spacial score (nSPS) is 14.4. The van der Waals surface area contributed by atoms with Gasteiger partial charge in [-0.25, -0.2) is 9.78 Å². The Bertz CT molecular complexity index is 1010. The van der Waals surface area contributed by atoms with E-state index in [0.29, 0.717) is 10.0 Å². The molecule has 0 spiro atoms. The van der Waals surface area contributed by atoms with Gasteiger partial charge in [-0.15, -0.1) is 0 Å². The lowest BCUT2D eigenvalue weighted by Gasteiger charge is -2.37. The van der Waals surface area contributed by atoms with Crippen LogP contribution in [0.25, 0.3) is 11.1 Å². The minimum atomic E-state index is -0.102. The van der Waals surface area contributed by atoms with Crippen molar-refractivity contribution in [1.29, 1.82) is 0 Å². The van der Waals surface area contributed by atoms with Gasteiger partial charge < -0.3 is 15.1 Å². The zero-order valence-corrected chi connectivity index (χ0v) is 18.8. The van der Waals surface area contributed by atoms with Crippen LogP contribution in [0.5, 0.6) is 0 Å². The maximum atomic E-state index is 12.8. The van der Waals surface area contributed by atoms with Crippen molar-refractivity contribution in [3.05, 3.63) is 76.9 Å². The van der Waals surface area contributed by atoms with Gasteiger partial charge in [0.05, 0.1) is 0 Å². The second kappa shape index (κ2) is 9.58. The smallest absolute Gasteiger partial charge is 0.321 e. The Hall–Kier alpha value is -2.76. The van der Waals surface area contributed by atoms with Crippen LogP contribution >= 0.6 is 23.2 Å². The molecule has 0 saturated carbocycles. The average molecular weight is 455 g/mol. The maximum Gasteiger partial charge on any atom is 0.321 e. The van der Waals surface area contributed by atoms with E-state index in [1.165, 1.54) is 0 Å². The maximum absolute atomic E-state index is 12.8. The molecule has 1 aliphatic rings. The third kappa shape index (κ3) is 5.30. The van der Waals surface area contributed by atoms with Gasteiger partial charge in [-0.3, -0.25) is 0 Å². The molecule has 0 atom stereocenters. The van der Waals surface area contributed by atoms with E-state index in [1.54, 1.807) is 11.0 Å². The molecular formula is C24H24Cl2N4O. The lowest BCUT2D eigenvalue weighted by Crippen LogP contribution is -2.47. The molecule has 160 valence electrons. The quantitative estimate of drug-likeness (QED) is 0.511. The third-order valence-corrected chi connectivity index (χ3v) is 6.07. The summed E-state index contributed by atoms with van der Waals surface area (Å²) in [6, 6.07) is 19.2. The number of piperidine rings is 1. The largest absolute Gasteiger partial charge is 0.356 e. The van der Waals surface area contributed by atoms with Crippen LogP contribution in [0.3, 0.4) is 0 Å². The molecule has 1 aromatic heterocycles. The zero-order valence-electron chi connectivity index (χ0n) is 17.3. The lowest BCUT2D eigenvalue weighted by molar-refractivity contribution is 0.193. The minimum absolute atomic E-state index is 0.102. The molecule has 0 unspecified atom stereocenters. The first-order valence-electron chi connectivity index (χ1n) is 10.3. The van der Waals surface area contributed by atoms with Crippen molar-refractivity contribution in [2.75, 3.05) is 30.4 Å². The van der Waals surface area contributed by atoms with Gasteiger partial charge in [0, 0.05) is 48.1 Å². The molecule has 5 nitrogen and oxygen atoms in total. The number of halogens is 2. The van der Waals surface area contributed by atoms with E-state index >= 15 is 0 Å². The third-order valence-electron chi connectivity index (χ3n) is 5.64. The summed E-state index contributed by atoms with van der Waals surface area (Å²) in [5, 5.41) is 4.18. The van der Waals surface area contributed by atoms with Gasteiger partial charge in [0.1, 0.15) is 5.82 Å². The van der Waals surface area contributed by atoms with Crippen molar-refractivity contribution in [2.45, 2.75) is 18.9 Å². The number of carbonyl (C=O) groups is 1. The van der Waals surface area contributed by atoms with Crippen LogP contribution in [0.1, 0.15) is 12.8 Å². The van der Waals surface area contributed by atoms with Crippen LogP contribution in [-0.2, 0) is 0 Å². The SMILES string of the molecule is CN(C(=O)Nc1ccc(-c2cc(Cl)cc(Cl)c2)cc1)C1CCN(c2ccccn2)CC1. The highest BCUT2D eigenvalue weighted by Gasteiger charge is 2.26. The monoisotopic (exact) mass is 454 g/mol. The number of nitrogens with zero attached hydrogens (tertiary/aromatic N) is 3. The van der Waals surface area contributed by atoms with Crippen LogP contribution in [-0.4, -0.2) is 42.1 Å². The van der Waals surface area contributed by atoms with Crippen LogP contribution in [0.2, 0.25) is 10.0 Å². The standard InChI is InChI=1S/C24H24Cl2N4O/c1-29(22-9-12-30(13-10-22)23-4-2-3-11-27-23)24(31)28-21-7-5-17(6-8-21)18-14-19(25)16-20(26)15-18/h2-8,11,14-16,22H,9-10,12-13H2,1H3,(H,28,31). The van der Waals surface area contributed by atoms with E-state index in [1.807, 2.05) is 67.8 Å². The molecule has 1 saturated heterocycles. The molecule has 2 aromatic carbocycles. The topological polar surface area (TPSA) is 48.5 Å². The average Bonchev–Trinajstić information content (AvgIpc) is 2.79. The Morgan fingerprint density at radius 2 is 1.68 bits per heavy atom. The fraction of sp³-hybridized carbons (Fsp3) is 0.250. The molecule has 1 N–H and O–H groups in total. The Morgan fingerprint density at radius 1 is 1.00 bits per heavy atom. The summed E-state index contributed by atoms with van der Waals surface area (Å²) in [5.74, 6) is 0.995. The molecule has 7 heteroatoms. The minimum Gasteiger partial charge on any atom is -0.356 e. The highest BCUT2D eigenvalue weighted by molar-refractivity contribution is 6.35. The highest BCUT2D eigenvalue weighted by atomic mass is 35.5. The van der Waals surface area contributed by atoms with Crippen molar-refractivity contribution in [1.82, 2.24) is 9.88 Å². The lowest BCUT2D eigenvalue weighted by atomic mass is 10.0. The molecule has 1 aliphatic heterocycles. The van der Waals surface area contributed by atoms with Gasteiger partial charge in [-0.1, -0.05) is 41.4 Å². The summed E-state index contributed by atoms with van der Waals surface area (Å²) < 4.78 is 0. The van der Waals surface area contributed by atoms with E-state index in [-0.39, 0.29) is 12.1 Å². The number of carbonyl (C=O) groups excluding carboxylic acids is 1. The Labute approximate surface area is 192 Å². The number of rotatable bonds is 4. The van der Waals surface area contributed by atoms with Crippen LogP contribution in [0.4, 0.5) is 16.3 Å². The number of nitrogens with one attached hydrogen (secondary N) is 1. The first kappa shape index (κ1) is 21.5. The van der Waals surface area contributed by atoms with Crippen molar-refractivity contribution < 1.29 is 4.79 Å². The van der Waals surface area contributed by atoms with Crippen LogP contribution in [0.15, 0.2) is 66.9 Å². The number of amides is 2. The number of aromatic nitrogens is 1. The number of urea groups is 1. The van der Waals surface area contributed by atoms with E-state index in [9.17, 15) is 4.79 Å². The predicted octanol–water partition coefficient (Wildman–Crippen LogP) is 6.19. The first-order valence-corrected chi connectivity index (χ1v) is 11.0. The van der Waals surface area contributed by atoms with Crippen molar-refractivity contribution in [3.63, 3.8) is 0 Å². The van der Waals surface area contributed by atoms with Gasteiger partial charge in [-0.2, -0.15) is 0 Å². The molecule has 4 rings (SSSR count). The van der Waals surface area contributed by atoms with Gasteiger partial charge in [0.15, 0.2) is 0 Å². The molecule has 3 aromatic rings. The number of anilines is 2. The summed E-state index contributed by atoms with van der Waals surface area (Å²) in [6.07, 6.45) is 3.64. The summed E-state index contributed by atoms with van der Waals surface area (Å²) in [5.41, 5.74) is 2.67. The Morgan fingerprint density at radius 3 is 2.29 bits per heavy atom. The number of pyridine rings is 1. The van der Waals surface area contributed by atoms with E-state index in [2.05, 4.69) is 15.2 Å². The van der Waals surface area contributed by atoms with E-state index in [4.69, 9.17) is 23.2 Å². The molecule has 2 amide bonds. The Balaban J connectivity index is 1.34. The van der Waals surface area contributed by atoms with Crippen LogP contribution < -0.4 is 10.2 Å². The van der Waals surface area contributed by atoms with Gasteiger partial charge in [0.25, 0.3) is 0 Å². The second-order valence-electron chi connectivity index (χ2n) is 7.68. The summed E-state index contributed by atoms with van der Waals surface area (Å²) in [7, 11) is 1.86. The number of benzene rings is 2. The summed E-state index contributed by atoms with van der Waals surface area (Å²) >= 11 is 12.2. The fourth-order valence-corrected chi connectivity index (χ4v) is 4.39. The zero-order chi connectivity index (χ0) is 21.8. The Kier molecular flexibility index (Phi) is 6.64. The van der Waals surface area contributed by atoms with Gasteiger partial charge in [-0.05, 0) is 66.4 Å². The van der Waals surface area contributed by atoms with E-state index in [0.717, 1.165) is 48.6 Å². The summed E-state index contributed by atoms with van der Waals surface area (Å²) in [4.78, 5) is 21.3. The molecule has 0 radical (unpaired) electrons. The molecule has 2 heterocycles. The van der Waals surface area contributed by atoms with Crippen LogP contribution in [0, 0.1) is 0 Å². The van der Waals surface area contributed by atoms with Crippen molar-refractivity contribution in [3.8, 4) is 11.1 Å². The molecule has 1 fully saturated rings. The molecular weight excluding hydrogens is 431 g/mol. The van der Waals surface area contributed by atoms with Crippen molar-refractivity contribution >= 4 is 40.7 Å². The molecule has 0 bridgehead atoms. The number of hydrogen-bond donors (Lipinski definition) is 1. The van der Waals surface area contributed by atoms with E-state index < -0.39 is 0 Å². The first-order chi connectivity index (χ1) is 15.0. The molecule has 0 aliphatic carbocycles.